The molecule has 30 heavy (non-hydrogen) atoms. The van der Waals surface area contributed by atoms with Crippen LogP contribution in [0.3, 0.4) is 0 Å². The predicted molar refractivity (Wildman–Crippen MR) is 116 cm³/mol. The molecule has 0 aromatic heterocycles. The van der Waals surface area contributed by atoms with Gasteiger partial charge in [0.15, 0.2) is 0 Å². The molecule has 2 saturated heterocycles. The zero-order chi connectivity index (χ0) is 20.8. The number of anilines is 2. The lowest BCUT2D eigenvalue weighted by Crippen LogP contribution is -2.35. The summed E-state index contributed by atoms with van der Waals surface area (Å²) < 4.78 is 0. The van der Waals surface area contributed by atoms with Crippen LogP contribution in [-0.2, 0) is 9.59 Å². The lowest BCUT2D eigenvalue weighted by atomic mass is 10.2. The van der Waals surface area contributed by atoms with Gasteiger partial charge in [-0.15, -0.1) is 0 Å². The normalized spacial score (nSPS) is 21.1. The van der Waals surface area contributed by atoms with Gasteiger partial charge < -0.3 is 21.3 Å². The van der Waals surface area contributed by atoms with Crippen molar-refractivity contribution in [1.82, 2.24) is 10.6 Å². The Morgan fingerprint density at radius 1 is 0.700 bits per heavy atom. The Balaban J connectivity index is 1.29. The molecule has 8 nitrogen and oxygen atoms in total. The first kappa shape index (κ1) is 20.2. The second-order valence-electron chi connectivity index (χ2n) is 7.57. The Labute approximate surface area is 175 Å². The number of nitrogens with zero attached hydrogens (tertiary/aromatic N) is 2. The van der Waals surface area contributed by atoms with Gasteiger partial charge >= 0.3 is 0 Å². The van der Waals surface area contributed by atoms with Crippen molar-refractivity contribution in [3.63, 3.8) is 0 Å². The van der Waals surface area contributed by atoms with Crippen molar-refractivity contribution >= 4 is 34.6 Å². The van der Waals surface area contributed by atoms with Crippen LogP contribution in [0.15, 0.2) is 58.8 Å². The average molecular weight is 406 g/mol. The van der Waals surface area contributed by atoms with Crippen molar-refractivity contribution in [3.05, 3.63) is 48.5 Å². The number of rotatable bonds is 6. The Hall–Kier alpha value is -3.10. The first-order valence-electron chi connectivity index (χ1n) is 10.4. The van der Waals surface area contributed by atoms with E-state index in [0.717, 1.165) is 50.1 Å². The van der Waals surface area contributed by atoms with Crippen molar-refractivity contribution in [2.45, 2.75) is 37.8 Å². The smallest absolute Gasteiger partial charge is 0.241 e. The van der Waals surface area contributed by atoms with E-state index in [1.54, 1.807) is 0 Å². The maximum absolute atomic E-state index is 12.1. The Morgan fingerprint density at radius 3 is 1.43 bits per heavy atom. The number of carbonyl (C=O) groups excluding carboxylic acids is 2. The van der Waals surface area contributed by atoms with Gasteiger partial charge in [0, 0.05) is 11.4 Å². The molecule has 0 bridgehead atoms. The summed E-state index contributed by atoms with van der Waals surface area (Å²) in [4.78, 5) is 24.3. The zero-order valence-corrected chi connectivity index (χ0v) is 16.7. The summed E-state index contributed by atoms with van der Waals surface area (Å²) in [5.41, 5.74) is 2.86. The Kier molecular flexibility index (Phi) is 6.46. The Morgan fingerprint density at radius 2 is 1.10 bits per heavy atom. The predicted octanol–water partition coefficient (Wildman–Crippen LogP) is 3.48. The van der Waals surface area contributed by atoms with Crippen molar-refractivity contribution in [2.75, 3.05) is 23.7 Å². The van der Waals surface area contributed by atoms with Crippen LogP contribution in [0.25, 0.3) is 0 Å². The minimum Gasteiger partial charge on any atom is -0.325 e. The molecule has 4 N–H and O–H groups in total. The third-order valence-corrected chi connectivity index (χ3v) is 5.30. The van der Waals surface area contributed by atoms with Crippen LogP contribution in [0.2, 0.25) is 0 Å². The summed E-state index contributed by atoms with van der Waals surface area (Å²) in [7, 11) is 0. The SMILES string of the molecule is O=C(Nc1ccc(N=Nc2ccc(NC(=O)[C@@H]3CCCN3)cc2)cc1)[C@@H]1CCCN1. The summed E-state index contributed by atoms with van der Waals surface area (Å²) in [5.74, 6) is -0.00413. The van der Waals surface area contributed by atoms with E-state index in [1.807, 2.05) is 48.5 Å². The highest BCUT2D eigenvalue weighted by molar-refractivity contribution is 5.95. The van der Waals surface area contributed by atoms with Gasteiger partial charge in [0.05, 0.1) is 23.5 Å². The fourth-order valence-corrected chi connectivity index (χ4v) is 3.61. The largest absolute Gasteiger partial charge is 0.325 e. The standard InChI is InChI=1S/C22H26N6O2/c29-21(19-3-1-13-23-19)25-15-5-9-17(10-6-15)27-28-18-11-7-16(8-12-18)26-22(30)20-4-2-14-24-20/h5-12,19-20,23-24H,1-4,13-14H2,(H,25,29)(H,26,30)/t19-,20-/m0/s1. The molecule has 156 valence electrons. The van der Waals surface area contributed by atoms with E-state index in [-0.39, 0.29) is 23.9 Å². The molecular weight excluding hydrogens is 380 g/mol. The summed E-state index contributed by atoms with van der Waals surface area (Å²) in [6, 6.07) is 14.3. The van der Waals surface area contributed by atoms with E-state index in [9.17, 15) is 9.59 Å². The number of amides is 2. The number of nitrogens with one attached hydrogen (secondary N) is 4. The molecule has 2 heterocycles. The lowest BCUT2D eigenvalue weighted by Gasteiger charge is -2.11. The van der Waals surface area contributed by atoms with E-state index in [0.29, 0.717) is 11.4 Å². The summed E-state index contributed by atoms with van der Waals surface area (Å²) >= 11 is 0. The molecule has 2 fully saturated rings. The van der Waals surface area contributed by atoms with E-state index >= 15 is 0 Å². The third kappa shape index (κ3) is 5.28. The third-order valence-electron chi connectivity index (χ3n) is 5.30. The van der Waals surface area contributed by atoms with Gasteiger partial charge in [-0.1, -0.05) is 0 Å². The first-order chi connectivity index (χ1) is 14.7. The van der Waals surface area contributed by atoms with Gasteiger partial charge in [-0.25, -0.2) is 0 Å². The number of benzene rings is 2. The molecule has 4 rings (SSSR count). The molecule has 0 saturated carbocycles. The van der Waals surface area contributed by atoms with Crippen LogP contribution in [0.1, 0.15) is 25.7 Å². The highest BCUT2D eigenvalue weighted by Crippen LogP contribution is 2.22. The van der Waals surface area contributed by atoms with Crippen molar-refractivity contribution in [1.29, 1.82) is 0 Å². The van der Waals surface area contributed by atoms with Crippen LogP contribution in [0, 0.1) is 0 Å². The van der Waals surface area contributed by atoms with Crippen LogP contribution in [0.5, 0.6) is 0 Å². The fourth-order valence-electron chi connectivity index (χ4n) is 3.61. The van der Waals surface area contributed by atoms with Crippen LogP contribution in [0.4, 0.5) is 22.7 Å². The van der Waals surface area contributed by atoms with E-state index in [1.165, 1.54) is 0 Å². The maximum Gasteiger partial charge on any atom is 0.241 e. The van der Waals surface area contributed by atoms with E-state index < -0.39 is 0 Å². The van der Waals surface area contributed by atoms with Crippen molar-refractivity contribution < 1.29 is 9.59 Å². The molecule has 0 aliphatic carbocycles. The first-order valence-corrected chi connectivity index (χ1v) is 10.4. The Bertz CT molecular complexity index is 823. The van der Waals surface area contributed by atoms with Crippen LogP contribution >= 0.6 is 0 Å². The second-order valence-corrected chi connectivity index (χ2v) is 7.57. The van der Waals surface area contributed by atoms with Gasteiger partial charge in [-0.05, 0) is 87.3 Å². The van der Waals surface area contributed by atoms with Gasteiger partial charge in [0.25, 0.3) is 0 Å². The quantitative estimate of drug-likeness (QED) is 0.551. The van der Waals surface area contributed by atoms with Gasteiger partial charge in [0.2, 0.25) is 11.8 Å². The van der Waals surface area contributed by atoms with Crippen molar-refractivity contribution in [2.24, 2.45) is 10.2 Å². The minimum atomic E-state index is -0.105. The van der Waals surface area contributed by atoms with Gasteiger partial charge in [-0.2, -0.15) is 10.2 Å². The van der Waals surface area contributed by atoms with Crippen LogP contribution < -0.4 is 21.3 Å². The average Bonchev–Trinajstić information content (AvgIpc) is 3.48. The molecule has 2 aromatic carbocycles. The highest BCUT2D eigenvalue weighted by Gasteiger charge is 2.22. The lowest BCUT2D eigenvalue weighted by molar-refractivity contribution is -0.118. The summed E-state index contributed by atoms with van der Waals surface area (Å²) in [6.45, 7) is 1.78. The molecule has 2 aliphatic rings. The van der Waals surface area contributed by atoms with E-state index in [4.69, 9.17) is 0 Å². The molecule has 8 heteroatoms. The molecule has 0 radical (unpaired) electrons. The molecule has 0 unspecified atom stereocenters. The minimum absolute atomic E-state index is 0.00207. The molecule has 2 amide bonds. The van der Waals surface area contributed by atoms with Gasteiger partial charge in [0.1, 0.15) is 0 Å². The molecule has 0 spiro atoms. The fraction of sp³-hybridized carbons (Fsp3) is 0.364. The molecule has 2 atom stereocenters. The number of carbonyl (C=O) groups is 2. The second kappa shape index (κ2) is 9.60. The maximum atomic E-state index is 12.1. The summed E-state index contributed by atoms with van der Waals surface area (Å²) in [5, 5.41) is 20.7. The molecule has 2 aliphatic heterocycles. The number of azo groups is 1. The van der Waals surface area contributed by atoms with Gasteiger partial charge in [-0.3, -0.25) is 9.59 Å². The highest BCUT2D eigenvalue weighted by atomic mass is 16.2. The molecule has 2 aromatic rings. The molecular formula is C22H26N6O2. The topological polar surface area (TPSA) is 107 Å². The summed E-state index contributed by atoms with van der Waals surface area (Å²) in [6.07, 6.45) is 3.81. The van der Waals surface area contributed by atoms with Crippen molar-refractivity contribution in [3.8, 4) is 0 Å². The number of hydrogen-bond donors (Lipinski definition) is 4. The monoisotopic (exact) mass is 406 g/mol. The number of hydrogen-bond acceptors (Lipinski definition) is 6. The van der Waals surface area contributed by atoms with Crippen LogP contribution in [-0.4, -0.2) is 37.0 Å². The zero-order valence-electron chi connectivity index (χ0n) is 16.7. The van der Waals surface area contributed by atoms with E-state index in [2.05, 4.69) is 31.5 Å².